The molecule has 1 aromatic rings. The lowest BCUT2D eigenvalue weighted by atomic mass is 10.1. The monoisotopic (exact) mass is 313 g/mol. The maximum absolute atomic E-state index is 12.5. The van der Waals surface area contributed by atoms with Crippen molar-refractivity contribution >= 4 is 17.4 Å². The summed E-state index contributed by atoms with van der Waals surface area (Å²) in [6.45, 7) is 11.0. The van der Waals surface area contributed by atoms with E-state index in [2.05, 4.69) is 23.8 Å². The Morgan fingerprint density at radius 2 is 2.24 bits per heavy atom. The van der Waals surface area contributed by atoms with E-state index in [-0.39, 0.29) is 18.3 Å². The lowest BCUT2D eigenvalue weighted by Gasteiger charge is -2.34. The Labute approximate surface area is 131 Å². The maximum Gasteiger partial charge on any atom is 0.168 e. The summed E-state index contributed by atoms with van der Waals surface area (Å²) >= 11 is 6.27. The number of ether oxygens (including phenoxy) is 1. The van der Waals surface area contributed by atoms with E-state index < -0.39 is 0 Å². The van der Waals surface area contributed by atoms with Crippen molar-refractivity contribution in [2.45, 2.75) is 52.8 Å². The van der Waals surface area contributed by atoms with Crippen molar-refractivity contribution in [2.75, 3.05) is 19.7 Å². The first kappa shape index (κ1) is 16.5. The zero-order chi connectivity index (χ0) is 15.6. The van der Waals surface area contributed by atoms with Crippen LogP contribution in [0.2, 0.25) is 5.02 Å². The van der Waals surface area contributed by atoms with Gasteiger partial charge in [0.25, 0.3) is 0 Å². The number of aromatic nitrogens is 2. The van der Waals surface area contributed by atoms with Crippen LogP contribution in [0.5, 0.6) is 0 Å². The normalized spacial score (nSPS) is 20.2. The molecule has 0 radical (unpaired) electrons. The van der Waals surface area contributed by atoms with Crippen LogP contribution in [-0.4, -0.2) is 52.3 Å². The maximum atomic E-state index is 12.5. The molecule has 0 aromatic carbocycles. The minimum absolute atomic E-state index is 0.0804. The number of morpholine rings is 1. The molecule has 0 bridgehead atoms. The first-order valence-corrected chi connectivity index (χ1v) is 7.92. The molecule has 1 atom stereocenters. The quantitative estimate of drug-likeness (QED) is 0.835. The Morgan fingerprint density at radius 3 is 2.86 bits per heavy atom. The summed E-state index contributed by atoms with van der Waals surface area (Å²) in [6.07, 6.45) is -0.0814. The molecule has 0 amide bonds. The van der Waals surface area contributed by atoms with Crippen LogP contribution in [0.1, 0.15) is 32.2 Å². The van der Waals surface area contributed by atoms with Crippen molar-refractivity contribution in [3.63, 3.8) is 0 Å². The summed E-state index contributed by atoms with van der Waals surface area (Å²) < 4.78 is 7.45. The van der Waals surface area contributed by atoms with Gasteiger partial charge < -0.3 is 4.74 Å². The van der Waals surface area contributed by atoms with Crippen LogP contribution in [0.25, 0.3) is 0 Å². The van der Waals surface area contributed by atoms with E-state index in [0.29, 0.717) is 30.8 Å². The Balaban J connectivity index is 2.08. The Hall–Kier alpha value is -0.910. The van der Waals surface area contributed by atoms with Crippen LogP contribution in [-0.2, 0) is 22.5 Å². The Kier molecular flexibility index (Phi) is 5.41. The second kappa shape index (κ2) is 6.90. The molecular formula is C15H24ClN3O2. The summed E-state index contributed by atoms with van der Waals surface area (Å²) in [6, 6.07) is 0.427. The first-order chi connectivity index (χ1) is 9.93. The van der Waals surface area contributed by atoms with Gasteiger partial charge in [0.05, 0.1) is 29.4 Å². The van der Waals surface area contributed by atoms with Crippen LogP contribution in [0.3, 0.4) is 0 Å². The molecule has 2 heterocycles. The molecular weight excluding hydrogens is 290 g/mol. The molecule has 1 aliphatic heterocycles. The Morgan fingerprint density at radius 1 is 1.52 bits per heavy atom. The molecule has 0 spiro atoms. The van der Waals surface area contributed by atoms with Gasteiger partial charge >= 0.3 is 0 Å². The molecule has 1 aromatic heterocycles. The molecule has 118 valence electrons. The van der Waals surface area contributed by atoms with Gasteiger partial charge in [-0.3, -0.25) is 14.4 Å². The molecule has 6 heteroatoms. The smallest absolute Gasteiger partial charge is 0.168 e. The SMILES string of the molecule is CCn1nc(C)c(Cl)c1CC(=O)C1CN(C(C)C)CCO1. The fourth-order valence-corrected chi connectivity index (χ4v) is 2.85. The molecule has 1 fully saturated rings. The summed E-state index contributed by atoms with van der Waals surface area (Å²) in [5.74, 6) is 0.0804. The average Bonchev–Trinajstić information content (AvgIpc) is 2.75. The number of aryl methyl sites for hydroxylation is 2. The summed E-state index contributed by atoms with van der Waals surface area (Å²) in [5, 5.41) is 4.95. The first-order valence-electron chi connectivity index (χ1n) is 7.54. The molecule has 0 saturated carbocycles. The highest BCUT2D eigenvalue weighted by Gasteiger charge is 2.29. The molecule has 21 heavy (non-hydrogen) atoms. The largest absolute Gasteiger partial charge is 0.368 e. The topological polar surface area (TPSA) is 47.4 Å². The van der Waals surface area contributed by atoms with Gasteiger partial charge in [0.2, 0.25) is 0 Å². The molecule has 2 rings (SSSR count). The van der Waals surface area contributed by atoms with Crippen molar-refractivity contribution in [2.24, 2.45) is 0 Å². The summed E-state index contributed by atoms with van der Waals surface area (Å²) in [7, 11) is 0. The number of nitrogens with zero attached hydrogens (tertiary/aromatic N) is 3. The van der Waals surface area contributed by atoms with Gasteiger partial charge in [-0.1, -0.05) is 11.6 Å². The van der Waals surface area contributed by atoms with Gasteiger partial charge in [-0.15, -0.1) is 0 Å². The average molecular weight is 314 g/mol. The van der Waals surface area contributed by atoms with Crippen molar-refractivity contribution in [1.29, 1.82) is 0 Å². The summed E-state index contributed by atoms with van der Waals surface area (Å²) in [4.78, 5) is 14.8. The molecule has 1 unspecified atom stereocenters. The third kappa shape index (κ3) is 3.65. The number of hydrogen-bond donors (Lipinski definition) is 0. The number of carbonyl (C=O) groups excluding carboxylic acids is 1. The number of ketones is 1. The van der Waals surface area contributed by atoms with Crippen molar-refractivity contribution in [3.05, 3.63) is 16.4 Å². The minimum atomic E-state index is -0.363. The van der Waals surface area contributed by atoms with Crippen molar-refractivity contribution in [3.8, 4) is 0 Å². The van der Waals surface area contributed by atoms with Gasteiger partial charge in [-0.05, 0) is 27.7 Å². The fourth-order valence-electron chi connectivity index (χ4n) is 2.65. The fraction of sp³-hybridized carbons (Fsp3) is 0.733. The standard InChI is InChI=1S/C15H24ClN3O2/c1-5-19-12(15(16)11(4)17-19)8-13(20)14-9-18(10(2)3)6-7-21-14/h10,14H,5-9H2,1-4H3. The van der Waals surface area contributed by atoms with E-state index in [1.165, 1.54) is 0 Å². The van der Waals surface area contributed by atoms with E-state index in [4.69, 9.17) is 16.3 Å². The number of carbonyl (C=O) groups is 1. The van der Waals surface area contributed by atoms with E-state index >= 15 is 0 Å². The van der Waals surface area contributed by atoms with E-state index in [1.807, 2.05) is 13.8 Å². The number of rotatable bonds is 5. The van der Waals surface area contributed by atoms with Gasteiger partial charge in [0.15, 0.2) is 5.78 Å². The highest BCUT2D eigenvalue weighted by atomic mass is 35.5. The van der Waals surface area contributed by atoms with Crippen LogP contribution in [0.15, 0.2) is 0 Å². The van der Waals surface area contributed by atoms with E-state index in [1.54, 1.807) is 4.68 Å². The zero-order valence-corrected chi connectivity index (χ0v) is 14.0. The molecule has 5 nitrogen and oxygen atoms in total. The number of halogens is 1. The lowest BCUT2D eigenvalue weighted by Crippen LogP contribution is -2.49. The predicted octanol–water partition coefficient (Wildman–Crippen LogP) is 2.09. The summed E-state index contributed by atoms with van der Waals surface area (Å²) in [5.41, 5.74) is 1.57. The van der Waals surface area contributed by atoms with Crippen LogP contribution >= 0.6 is 11.6 Å². The zero-order valence-electron chi connectivity index (χ0n) is 13.2. The molecule has 1 aliphatic rings. The van der Waals surface area contributed by atoms with Gasteiger partial charge in [0.1, 0.15) is 6.10 Å². The third-order valence-electron chi connectivity index (χ3n) is 3.98. The third-order valence-corrected chi connectivity index (χ3v) is 4.47. The van der Waals surface area contributed by atoms with Crippen LogP contribution < -0.4 is 0 Å². The second-order valence-electron chi connectivity index (χ2n) is 5.75. The Bertz CT molecular complexity index is 513. The van der Waals surface area contributed by atoms with Gasteiger partial charge in [-0.25, -0.2) is 0 Å². The highest BCUT2D eigenvalue weighted by Crippen LogP contribution is 2.22. The van der Waals surface area contributed by atoms with Crippen LogP contribution in [0.4, 0.5) is 0 Å². The van der Waals surface area contributed by atoms with Crippen molar-refractivity contribution < 1.29 is 9.53 Å². The molecule has 0 aliphatic carbocycles. The highest BCUT2D eigenvalue weighted by molar-refractivity contribution is 6.32. The van der Waals surface area contributed by atoms with E-state index in [0.717, 1.165) is 17.9 Å². The number of Topliss-reactive ketones (excluding diaryl/α,β-unsaturated/α-hetero) is 1. The molecule has 0 N–H and O–H groups in total. The van der Waals surface area contributed by atoms with Gasteiger partial charge in [0, 0.05) is 25.7 Å². The molecule has 1 saturated heterocycles. The van der Waals surface area contributed by atoms with E-state index in [9.17, 15) is 4.79 Å². The second-order valence-corrected chi connectivity index (χ2v) is 6.13. The lowest BCUT2D eigenvalue weighted by molar-refractivity contribution is -0.136. The van der Waals surface area contributed by atoms with Crippen LogP contribution in [0, 0.1) is 6.92 Å². The van der Waals surface area contributed by atoms with Crippen molar-refractivity contribution in [1.82, 2.24) is 14.7 Å². The predicted molar refractivity (Wildman–Crippen MR) is 82.8 cm³/mol. The number of hydrogen-bond acceptors (Lipinski definition) is 4. The van der Waals surface area contributed by atoms with Gasteiger partial charge in [-0.2, -0.15) is 5.10 Å². The minimum Gasteiger partial charge on any atom is -0.368 e.